The van der Waals surface area contributed by atoms with Crippen LogP contribution in [0.4, 0.5) is 0 Å². The molecule has 0 amide bonds. The lowest BCUT2D eigenvalue weighted by Gasteiger charge is -2.15. The van der Waals surface area contributed by atoms with Gasteiger partial charge in [0.2, 0.25) is 0 Å². The first kappa shape index (κ1) is 17.0. The molecule has 0 aromatic heterocycles. The fourth-order valence-corrected chi connectivity index (χ4v) is 2.16. The molecule has 0 heterocycles. The molecule has 0 saturated carbocycles. The van der Waals surface area contributed by atoms with Gasteiger partial charge < -0.3 is 4.74 Å². The quantitative estimate of drug-likeness (QED) is 0.375. The minimum atomic E-state index is 0.526. The summed E-state index contributed by atoms with van der Waals surface area (Å²) < 4.78 is 5.95. The topological polar surface area (TPSA) is 9.23 Å². The highest BCUT2D eigenvalue weighted by molar-refractivity contribution is 4.56. The summed E-state index contributed by atoms with van der Waals surface area (Å²) in [6.07, 6.45) is 15.1. The predicted molar refractivity (Wildman–Crippen MR) is 77.5 cm³/mol. The van der Waals surface area contributed by atoms with E-state index in [2.05, 4.69) is 20.8 Å². The Balaban J connectivity index is 3.28. The Morgan fingerprint density at radius 1 is 0.706 bits per heavy atom. The lowest BCUT2D eigenvalue weighted by Crippen LogP contribution is -2.12. The summed E-state index contributed by atoms with van der Waals surface area (Å²) >= 11 is 0. The van der Waals surface area contributed by atoms with E-state index < -0.39 is 0 Å². The molecular formula is C16H34O. The molecule has 0 aliphatic carbocycles. The van der Waals surface area contributed by atoms with Crippen LogP contribution in [-0.4, -0.2) is 12.7 Å². The van der Waals surface area contributed by atoms with Crippen LogP contribution in [0.2, 0.25) is 0 Å². The highest BCUT2D eigenvalue weighted by Gasteiger charge is 2.05. The maximum Gasteiger partial charge on any atom is 0.0572 e. The van der Waals surface area contributed by atoms with Gasteiger partial charge in [-0.25, -0.2) is 0 Å². The summed E-state index contributed by atoms with van der Waals surface area (Å²) in [5, 5.41) is 0. The van der Waals surface area contributed by atoms with Crippen molar-refractivity contribution in [2.75, 3.05) is 6.61 Å². The smallest absolute Gasteiger partial charge is 0.0572 e. The predicted octanol–water partition coefficient (Wildman–Crippen LogP) is 5.72. The van der Waals surface area contributed by atoms with Crippen LogP contribution in [0.3, 0.4) is 0 Å². The van der Waals surface area contributed by atoms with Gasteiger partial charge in [0.05, 0.1) is 6.10 Å². The van der Waals surface area contributed by atoms with Gasteiger partial charge in [-0.3, -0.25) is 0 Å². The highest BCUT2D eigenvalue weighted by atomic mass is 16.5. The summed E-state index contributed by atoms with van der Waals surface area (Å²) in [5.74, 6) is 0. The van der Waals surface area contributed by atoms with Crippen molar-refractivity contribution >= 4 is 0 Å². The minimum absolute atomic E-state index is 0.526. The van der Waals surface area contributed by atoms with Crippen LogP contribution in [0.5, 0.6) is 0 Å². The minimum Gasteiger partial charge on any atom is -0.378 e. The Morgan fingerprint density at radius 3 is 1.88 bits per heavy atom. The van der Waals surface area contributed by atoms with E-state index in [0.717, 1.165) is 6.61 Å². The summed E-state index contributed by atoms with van der Waals surface area (Å²) in [7, 11) is 0. The average molecular weight is 242 g/mol. The Hall–Kier alpha value is -0.0400. The van der Waals surface area contributed by atoms with Crippen molar-refractivity contribution in [2.24, 2.45) is 0 Å². The van der Waals surface area contributed by atoms with Crippen LogP contribution < -0.4 is 0 Å². The summed E-state index contributed by atoms with van der Waals surface area (Å²) in [5.41, 5.74) is 0. The van der Waals surface area contributed by atoms with Gasteiger partial charge in [-0.1, -0.05) is 72.1 Å². The summed E-state index contributed by atoms with van der Waals surface area (Å²) in [4.78, 5) is 0. The zero-order valence-electron chi connectivity index (χ0n) is 12.5. The monoisotopic (exact) mass is 242 g/mol. The van der Waals surface area contributed by atoms with Crippen LogP contribution in [-0.2, 0) is 4.74 Å². The second-order valence-corrected chi connectivity index (χ2v) is 5.16. The average Bonchev–Trinajstić information content (AvgIpc) is 2.36. The van der Waals surface area contributed by atoms with Crippen molar-refractivity contribution in [3.63, 3.8) is 0 Å². The third kappa shape index (κ3) is 12.2. The maximum atomic E-state index is 5.95. The largest absolute Gasteiger partial charge is 0.378 e. The molecule has 0 aliphatic heterocycles. The lowest BCUT2D eigenvalue weighted by atomic mass is 10.1. The van der Waals surface area contributed by atoms with Crippen molar-refractivity contribution in [2.45, 2.75) is 97.5 Å². The first-order valence-corrected chi connectivity index (χ1v) is 7.96. The highest BCUT2D eigenvalue weighted by Crippen LogP contribution is 2.12. The van der Waals surface area contributed by atoms with Gasteiger partial charge in [-0.05, 0) is 19.3 Å². The molecule has 0 rings (SSSR count). The zero-order chi connectivity index (χ0) is 12.8. The lowest BCUT2D eigenvalue weighted by molar-refractivity contribution is 0.0407. The van der Waals surface area contributed by atoms with Gasteiger partial charge in [0, 0.05) is 6.61 Å². The Bertz CT molecular complexity index is 133. The molecular weight excluding hydrogens is 208 g/mol. The molecule has 0 fully saturated rings. The fourth-order valence-electron chi connectivity index (χ4n) is 2.16. The van der Waals surface area contributed by atoms with Gasteiger partial charge in [0.15, 0.2) is 0 Å². The standard InChI is InChI=1S/C16H34O/c1-4-7-9-11-13-15-17-16(6-3)14-12-10-8-5-2/h16H,4-15H2,1-3H3/t16-/m1/s1. The molecule has 0 radical (unpaired) electrons. The van der Waals surface area contributed by atoms with Crippen molar-refractivity contribution in [3.8, 4) is 0 Å². The van der Waals surface area contributed by atoms with Crippen LogP contribution >= 0.6 is 0 Å². The van der Waals surface area contributed by atoms with E-state index >= 15 is 0 Å². The summed E-state index contributed by atoms with van der Waals surface area (Å²) in [6, 6.07) is 0. The molecule has 1 heteroatoms. The second kappa shape index (κ2) is 14.0. The van der Waals surface area contributed by atoms with E-state index in [1.807, 2.05) is 0 Å². The van der Waals surface area contributed by atoms with Crippen LogP contribution in [0.1, 0.15) is 91.4 Å². The van der Waals surface area contributed by atoms with E-state index in [9.17, 15) is 0 Å². The van der Waals surface area contributed by atoms with E-state index in [1.165, 1.54) is 70.6 Å². The molecule has 1 atom stereocenters. The molecule has 0 aromatic carbocycles. The number of unbranched alkanes of at least 4 members (excludes halogenated alkanes) is 7. The third-order valence-corrected chi connectivity index (χ3v) is 3.44. The molecule has 0 aromatic rings. The maximum absolute atomic E-state index is 5.95. The van der Waals surface area contributed by atoms with Gasteiger partial charge in [0.1, 0.15) is 0 Å². The Morgan fingerprint density at radius 2 is 1.29 bits per heavy atom. The van der Waals surface area contributed by atoms with Crippen LogP contribution in [0, 0.1) is 0 Å². The Kier molecular flexibility index (Phi) is 14.0. The number of hydrogen-bond donors (Lipinski definition) is 0. The molecule has 0 saturated heterocycles. The number of rotatable bonds is 13. The first-order chi connectivity index (χ1) is 8.35. The van der Waals surface area contributed by atoms with E-state index in [0.29, 0.717) is 6.10 Å². The van der Waals surface area contributed by atoms with Crippen molar-refractivity contribution < 1.29 is 4.74 Å². The molecule has 1 nitrogen and oxygen atoms in total. The van der Waals surface area contributed by atoms with Gasteiger partial charge in [-0.15, -0.1) is 0 Å². The second-order valence-electron chi connectivity index (χ2n) is 5.16. The molecule has 0 aliphatic rings. The van der Waals surface area contributed by atoms with Crippen molar-refractivity contribution in [1.82, 2.24) is 0 Å². The SMILES string of the molecule is CCCCCCCO[C@H](CC)CCCCCC. The number of ether oxygens (including phenoxy) is 1. The molecule has 0 unspecified atom stereocenters. The fraction of sp³-hybridized carbons (Fsp3) is 1.00. The molecule has 0 N–H and O–H groups in total. The zero-order valence-corrected chi connectivity index (χ0v) is 12.5. The molecule has 0 spiro atoms. The van der Waals surface area contributed by atoms with Gasteiger partial charge in [-0.2, -0.15) is 0 Å². The van der Waals surface area contributed by atoms with Gasteiger partial charge in [0.25, 0.3) is 0 Å². The normalized spacial score (nSPS) is 12.9. The van der Waals surface area contributed by atoms with Crippen LogP contribution in [0.25, 0.3) is 0 Å². The van der Waals surface area contributed by atoms with Gasteiger partial charge >= 0.3 is 0 Å². The van der Waals surface area contributed by atoms with Crippen LogP contribution in [0.15, 0.2) is 0 Å². The third-order valence-electron chi connectivity index (χ3n) is 3.44. The summed E-state index contributed by atoms with van der Waals surface area (Å²) in [6.45, 7) is 7.77. The molecule has 104 valence electrons. The van der Waals surface area contributed by atoms with E-state index in [4.69, 9.17) is 4.74 Å². The van der Waals surface area contributed by atoms with Crippen molar-refractivity contribution in [3.05, 3.63) is 0 Å². The van der Waals surface area contributed by atoms with E-state index in [1.54, 1.807) is 0 Å². The Labute approximate surface area is 109 Å². The van der Waals surface area contributed by atoms with Crippen molar-refractivity contribution in [1.29, 1.82) is 0 Å². The first-order valence-electron chi connectivity index (χ1n) is 7.96. The molecule has 0 bridgehead atoms. The van der Waals surface area contributed by atoms with E-state index in [-0.39, 0.29) is 0 Å². The number of hydrogen-bond acceptors (Lipinski definition) is 1. The molecule has 17 heavy (non-hydrogen) atoms.